The Bertz CT molecular complexity index is 1280. The number of anilines is 1. The molecule has 45 heavy (non-hydrogen) atoms. The molecule has 4 rings (SSSR count). The molecule has 1 heterocycles. The third kappa shape index (κ3) is 11.9. The highest BCUT2D eigenvalue weighted by molar-refractivity contribution is 5.97. The summed E-state index contributed by atoms with van der Waals surface area (Å²) >= 11 is 0. The molecule has 2 aromatic carbocycles. The highest BCUT2D eigenvalue weighted by atomic mass is 19.4. The Morgan fingerprint density at radius 1 is 1.02 bits per heavy atom. The molecule has 0 bridgehead atoms. The van der Waals surface area contributed by atoms with Crippen molar-refractivity contribution >= 4 is 23.8 Å². The summed E-state index contributed by atoms with van der Waals surface area (Å²) in [7, 11) is 0. The number of hydrogen-bond acceptors (Lipinski definition) is 6. The first-order valence-corrected chi connectivity index (χ1v) is 15.1. The van der Waals surface area contributed by atoms with Crippen LogP contribution in [0.1, 0.15) is 68.9 Å². The number of hydrogen-bond donors (Lipinski definition) is 2. The van der Waals surface area contributed by atoms with E-state index in [4.69, 9.17) is 14.3 Å². The van der Waals surface area contributed by atoms with Crippen LogP contribution < -0.4 is 10.1 Å². The van der Waals surface area contributed by atoms with Gasteiger partial charge in [-0.1, -0.05) is 37.8 Å². The van der Waals surface area contributed by atoms with Crippen molar-refractivity contribution in [2.45, 2.75) is 82.8 Å². The van der Waals surface area contributed by atoms with Gasteiger partial charge >= 0.3 is 6.18 Å². The molecule has 0 spiro atoms. The summed E-state index contributed by atoms with van der Waals surface area (Å²) in [5.41, 5.74) is 1.95. The molecule has 0 radical (unpaired) electrons. The molecular formula is C32H39F5N2O6. The lowest BCUT2D eigenvalue weighted by Crippen LogP contribution is -2.42. The van der Waals surface area contributed by atoms with Crippen LogP contribution in [-0.4, -0.2) is 66.7 Å². The zero-order valence-corrected chi connectivity index (χ0v) is 25.0. The number of aldehydes is 1. The number of aryl methyl sites for hydroxylation is 1. The Morgan fingerprint density at radius 2 is 1.76 bits per heavy atom. The van der Waals surface area contributed by atoms with E-state index >= 15 is 0 Å². The maximum Gasteiger partial charge on any atom is 0.446 e. The minimum atomic E-state index is -4.64. The normalized spacial score (nSPS) is 14.8. The lowest BCUT2D eigenvalue weighted by Gasteiger charge is -2.34. The number of phenols is 1. The van der Waals surface area contributed by atoms with Gasteiger partial charge in [0.15, 0.2) is 24.0 Å². The molecule has 248 valence electrons. The van der Waals surface area contributed by atoms with Gasteiger partial charge in [0, 0.05) is 12.6 Å². The van der Waals surface area contributed by atoms with Crippen molar-refractivity contribution in [3.63, 3.8) is 0 Å². The summed E-state index contributed by atoms with van der Waals surface area (Å²) in [6, 6.07) is 7.51. The minimum Gasteiger partial charge on any atom is -0.506 e. The number of unbranched alkanes of at least 4 members (excludes halogenated alkanes) is 2. The van der Waals surface area contributed by atoms with Gasteiger partial charge in [-0.3, -0.25) is 14.4 Å². The second kappa shape index (κ2) is 17.7. The molecule has 2 aliphatic rings. The molecular weight excluding hydrogens is 603 g/mol. The maximum absolute atomic E-state index is 13.4. The van der Waals surface area contributed by atoms with Crippen molar-refractivity contribution in [2.24, 2.45) is 0 Å². The SMILES string of the molecule is O=C1COc2c(CCCCCN(C(=O)CCOCCc3ccc(F)c(F)c3)C3CCCCC3)ccc(O)c2N1.O=CC(F)(F)F. The van der Waals surface area contributed by atoms with Crippen LogP contribution in [0.4, 0.5) is 27.6 Å². The van der Waals surface area contributed by atoms with Crippen LogP contribution in [0.5, 0.6) is 11.5 Å². The molecule has 2 amide bonds. The summed E-state index contributed by atoms with van der Waals surface area (Å²) in [6.07, 6.45) is 4.09. The highest BCUT2D eigenvalue weighted by Gasteiger charge is 2.26. The Kier molecular flexibility index (Phi) is 14.0. The Morgan fingerprint density at radius 3 is 2.44 bits per heavy atom. The van der Waals surface area contributed by atoms with E-state index in [1.165, 1.54) is 12.5 Å². The van der Waals surface area contributed by atoms with Crippen molar-refractivity contribution in [3.05, 3.63) is 53.1 Å². The van der Waals surface area contributed by atoms with Crippen LogP contribution in [-0.2, 0) is 32.0 Å². The molecule has 2 N–H and O–H groups in total. The fourth-order valence-corrected chi connectivity index (χ4v) is 5.38. The standard InChI is InChI=1S/C30H38F2N2O5.C2HF3O/c31-24-12-10-21(19-25(24)32)14-17-38-18-15-28(37)34(23-8-4-1-5-9-23)16-6-2-3-7-22-11-13-26(35)29-30(22)39-20-27(36)33-29;3-2(4,5)1-6/h10-13,19,23,35H,1-9,14-18,20H2,(H,33,36);1H. The number of amides is 2. The Balaban J connectivity index is 0.000000838. The summed E-state index contributed by atoms with van der Waals surface area (Å²) in [4.78, 5) is 35.5. The molecule has 2 aromatic rings. The highest BCUT2D eigenvalue weighted by Crippen LogP contribution is 2.39. The lowest BCUT2D eigenvalue weighted by atomic mass is 9.93. The molecule has 1 aliphatic heterocycles. The van der Waals surface area contributed by atoms with E-state index in [2.05, 4.69) is 5.32 Å². The van der Waals surface area contributed by atoms with Gasteiger partial charge in [-0.2, -0.15) is 13.2 Å². The van der Waals surface area contributed by atoms with Crippen LogP contribution in [0.25, 0.3) is 0 Å². The van der Waals surface area contributed by atoms with Crippen molar-refractivity contribution < 1.29 is 50.9 Å². The number of nitrogens with one attached hydrogen (secondary N) is 1. The van der Waals surface area contributed by atoms with Crippen molar-refractivity contribution in [3.8, 4) is 11.5 Å². The number of carbonyl (C=O) groups excluding carboxylic acids is 3. The number of phenolic OH excluding ortho intramolecular Hbond substituents is 1. The third-order valence-corrected chi connectivity index (χ3v) is 7.62. The molecule has 0 saturated heterocycles. The van der Waals surface area contributed by atoms with E-state index < -0.39 is 24.1 Å². The van der Waals surface area contributed by atoms with Gasteiger partial charge < -0.3 is 24.8 Å². The number of halogens is 5. The quantitative estimate of drug-likeness (QED) is 0.116. The largest absolute Gasteiger partial charge is 0.506 e. The predicted molar refractivity (Wildman–Crippen MR) is 156 cm³/mol. The lowest BCUT2D eigenvalue weighted by molar-refractivity contribution is -0.156. The van der Waals surface area contributed by atoms with Crippen LogP contribution in [0.3, 0.4) is 0 Å². The van der Waals surface area contributed by atoms with Gasteiger partial charge in [-0.15, -0.1) is 0 Å². The molecule has 13 heteroatoms. The molecule has 1 fully saturated rings. The zero-order valence-electron chi connectivity index (χ0n) is 25.0. The number of carbonyl (C=O) groups is 3. The monoisotopic (exact) mass is 642 g/mol. The number of ether oxygens (including phenoxy) is 2. The molecule has 8 nitrogen and oxygen atoms in total. The van der Waals surface area contributed by atoms with Crippen LogP contribution in [0.2, 0.25) is 0 Å². The Hall–Kier alpha value is -3.74. The average molecular weight is 643 g/mol. The van der Waals surface area contributed by atoms with E-state index in [-0.39, 0.29) is 30.2 Å². The topological polar surface area (TPSA) is 105 Å². The first-order chi connectivity index (χ1) is 21.5. The first kappa shape index (κ1) is 35.7. The zero-order chi connectivity index (χ0) is 32.8. The van der Waals surface area contributed by atoms with E-state index in [9.17, 15) is 36.6 Å². The summed E-state index contributed by atoms with van der Waals surface area (Å²) in [5.74, 6) is -1.37. The van der Waals surface area contributed by atoms with Gasteiger partial charge in [-0.05, 0) is 67.9 Å². The number of aromatic hydroxyl groups is 1. The van der Waals surface area contributed by atoms with Crippen LogP contribution >= 0.6 is 0 Å². The smallest absolute Gasteiger partial charge is 0.446 e. The van der Waals surface area contributed by atoms with Crippen LogP contribution in [0, 0.1) is 11.6 Å². The average Bonchev–Trinajstić information content (AvgIpc) is 3.02. The fraction of sp³-hybridized carbons (Fsp3) is 0.531. The molecule has 0 unspecified atom stereocenters. The maximum atomic E-state index is 13.4. The molecule has 0 aromatic heterocycles. The fourth-order valence-electron chi connectivity index (χ4n) is 5.38. The van der Waals surface area contributed by atoms with Gasteiger partial charge in [0.05, 0.1) is 19.6 Å². The van der Waals surface area contributed by atoms with Crippen LogP contribution in [0.15, 0.2) is 30.3 Å². The molecule has 1 aliphatic carbocycles. The van der Waals surface area contributed by atoms with Gasteiger partial charge in [0.25, 0.3) is 5.91 Å². The van der Waals surface area contributed by atoms with Gasteiger partial charge in [0.1, 0.15) is 11.4 Å². The van der Waals surface area contributed by atoms with E-state index in [1.54, 1.807) is 12.1 Å². The summed E-state index contributed by atoms with van der Waals surface area (Å²) in [6.45, 7) is 1.29. The van der Waals surface area contributed by atoms with E-state index in [1.807, 2.05) is 11.0 Å². The minimum absolute atomic E-state index is 0.00299. The third-order valence-electron chi connectivity index (χ3n) is 7.62. The number of rotatable bonds is 13. The number of benzene rings is 2. The van der Waals surface area contributed by atoms with E-state index in [0.29, 0.717) is 49.6 Å². The molecule has 1 saturated carbocycles. The second-order valence-corrected chi connectivity index (χ2v) is 11.0. The Labute approximate surface area is 258 Å². The van der Waals surface area contributed by atoms with Crippen molar-refractivity contribution in [1.29, 1.82) is 0 Å². The number of nitrogens with zero attached hydrogens (tertiary/aromatic N) is 1. The number of fused-ring (bicyclic) bond motifs is 1. The van der Waals surface area contributed by atoms with Gasteiger partial charge in [0.2, 0.25) is 12.2 Å². The van der Waals surface area contributed by atoms with Crippen molar-refractivity contribution in [2.75, 3.05) is 31.7 Å². The molecule has 0 atom stereocenters. The first-order valence-electron chi connectivity index (χ1n) is 15.1. The van der Waals surface area contributed by atoms with Crippen molar-refractivity contribution in [1.82, 2.24) is 4.90 Å². The van der Waals surface area contributed by atoms with E-state index in [0.717, 1.165) is 63.0 Å². The summed E-state index contributed by atoms with van der Waals surface area (Å²) in [5, 5.41) is 12.7. The predicted octanol–water partition coefficient (Wildman–Crippen LogP) is 6.27. The second-order valence-electron chi connectivity index (χ2n) is 11.0. The summed E-state index contributed by atoms with van der Waals surface area (Å²) < 4.78 is 68.9. The number of alkyl halides is 3. The van der Waals surface area contributed by atoms with Gasteiger partial charge in [-0.25, -0.2) is 8.78 Å².